The van der Waals surface area contributed by atoms with Gasteiger partial charge in [-0.2, -0.15) is 8.42 Å². The average Bonchev–Trinajstić information content (AvgIpc) is 2.72. The number of carbonyl (C=O) groups is 1. The van der Waals surface area contributed by atoms with Crippen molar-refractivity contribution in [1.29, 1.82) is 0 Å². The van der Waals surface area contributed by atoms with E-state index in [2.05, 4.69) is 9.18 Å². The molecule has 0 aliphatic carbocycles. The van der Waals surface area contributed by atoms with Crippen LogP contribution in [0.3, 0.4) is 0 Å². The lowest BCUT2D eigenvalue weighted by Crippen LogP contribution is -2.25. The maximum atomic E-state index is 12.5. The molecule has 0 saturated heterocycles. The van der Waals surface area contributed by atoms with Crippen molar-refractivity contribution >= 4 is 33.1 Å². The van der Waals surface area contributed by atoms with Crippen molar-refractivity contribution in [2.24, 2.45) is 16.5 Å². The highest BCUT2D eigenvalue weighted by atomic mass is 32.2. The van der Waals surface area contributed by atoms with Gasteiger partial charge < -0.3 is 25.1 Å². The second kappa shape index (κ2) is 9.62. The molecule has 32 heavy (non-hydrogen) atoms. The first-order valence-electron chi connectivity index (χ1n) is 9.42. The number of para-hydroxylation sites is 1. The Morgan fingerprint density at radius 1 is 1.12 bits per heavy atom. The fraction of sp³-hybridized carbons (Fsp3) is 0.190. The second-order valence-electron chi connectivity index (χ2n) is 6.70. The van der Waals surface area contributed by atoms with Gasteiger partial charge in [-0.1, -0.05) is 42.5 Å². The van der Waals surface area contributed by atoms with E-state index in [0.717, 1.165) is 0 Å². The molecule has 0 aliphatic rings. The van der Waals surface area contributed by atoms with E-state index in [1.165, 1.54) is 7.11 Å². The van der Waals surface area contributed by atoms with Crippen LogP contribution in [0.4, 0.5) is 4.79 Å². The number of aliphatic imine (C=N–C) groups is 1. The molecule has 11 heteroatoms. The molecule has 0 saturated carbocycles. The second-order valence-corrected chi connectivity index (χ2v) is 8.27. The number of amides is 1. The summed E-state index contributed by atoms with van der Waals surface area (Å²) in [6.07, 6.45) is -1.94. The van der Waals surface area contributed by atoms with Gasteiger partial charge in [0.05, 0.1) is 5.69 Å². The van der Waals surface area contributed by atoms with Gasteiger partial charge >= 0.3 is 16.2 Å². The number of benzene rings is 2. The van der Waals surface area contributed by atoms with Gasteiger partial charge in [0.15, 0.2) is 12.2 Å². The van der Waals surface area contributed by atoms with Gasteiger partial charge in [0.1, 0.15) is 17.0 Å². The van der Waals surface area contributed by atoms with Crippen LogP contribution in [0.5, 0.6) is 5.75 Å². The van der Waals surface area contributed by atoms with Crippen molar-refractivity contribution in [3.8, 4) is 17.0 Å². The van der Waals surface area contributed by atoms with Gasteiger partial charge in [-0.15, -0.1) is 4.99 Å². The van der Waals surface area contributed by atoms with Crippen LogP contribution in [-0.4, -0.2) is 38.9 Å². The third kappa shape index (κ3) is 5.71. The minimum atomic E-state index is -4.37. The molecule has 0 fully saturated rings. The van der Waals surface area contributed by atoms with Crippen LogP contribution >= 0.6 is 0 Å². The van der Waals surface area contributed by atoms with Crippen molar-refractivity contribution in [1.82, 2.24) is 4.98 Å². The first-order valence-corrected chi connectivity index (χ1v) is 11.0. The summed E-state index contributed by atoms with van der Waals surface area (Å²) in [6.45, 7) is 1.74. The Kier molecular flexibility index (Phi) is 6.91. The predicted octanol–water partition coefficient (Wildman–Crippen LogP) is 2.51. The summed E-state index contributed by atoms with van der Waals surface area (Å²) in [5, 5.41) is 0.631. The minimum Gasteiger partial charge on any atom is -0.463 e. The molecule has 0 aliphatic heterocycles. The Hall–Kier alpha value is -3.70. The molecule has 168 valence electrons. The number of nitrogens with two attached hydrogens (primary N) is 2. The molecule has 0 radical (unpaired) electrons. The number of methoxy groups -OCH3 is 1. The average molecular weight is 458 g/mol. The van der Waals surface area contributed by atoms with E-state index < -0.39 is 34.2 Å². The summed E-state index contributed by atoms with van der Waals surface area (Å²) in [4.78, 5) is 19.4. The zero-order chi connectivity index (χ0) is 23.3. The number of guanidine groups is 1. The summed E-state index contributed by atoms with van der Waals surface area (Å²) in [7, 11) is -2.85. The van der Waals surface area contributed by atoms with Gasteiger partial charge in [0.25, 0.3) is 0 Å². The quantitative estimate of drug-likeness (QED) is 0.235. The number of pyridine rings is 1. The van der Waals surface area contributed by atoms with Gasteiger partial charge in [-0.05, 0) is 24.6 Å². The molecule has 3 rings (SSSR count). The molecule has 0 spiro atoms. The highest BCUT2D eigenvalue weighted by Gasteiger charge is 2.22. The van der Waals surface area contributed by atoms with Crippen LogP contribution in [0.15, 0.2) is 59.6 Å². The summed E-state index contributed by atoms with van der Waals surface area (Å²) in [6, 6.07) is 15.9. The monoisotopic (exact) mass is 458 g/mol. The molecule has 1 unspecified atom stereocenters. The molecule has 3 aromatic rings. The van der Waals surface area contributed by atoms with E-state index in [0.29, 0.717) is 33.5 Å². The van der Waals surface area contributed by atoms with E-state index in [4.69, 9.17) is 25.9 Å². The number of hydrogen-bond acceptors (Lipinski definition) is 7. The van der Waals surface area contributed by atoms with Crippen LogP contribution in [-0.2, 0) is 24.8 Å². The molecule has 4 N–H and O–H groups in total. The summed E-state index contributed by atoms with van der Waals surface area (Å²) < 4.78 is 40.4. The van der Waals surface area contributed by atoms with Gasteiger partial charge in [0.2, 0.25) is 0 Å². The number of carbonyl (C=O) groups excluding carboxylic acids is 1. The largest absolute Gasteiger partial charge is 0.463 e. The Bertz CT molecular complexity index is 1260. The molecule has 1 amide bonds. The first-order chi connectivity index (χ1) is 15.2. The van der Waals surface area contributed by atoms with E-state index in [9.17, 15) is 13.2 Å². The molecule has 0 bridgehead atoms. The molecule has 2 aromatic carbocycles. The number of hydrogen-bond donors (Lipinski definition) is 2. The molecule has 1 atom stereocenters. The number of aromatic nitrogens is 1. The SMILES string of the molecule is COC(C)Oc1cccc2cc(CS(=O)(=O)OC(=O)N=C(N)N)c(-c3ccccc3)nc12. The van der Waals surface area contributed by atoms with E-state index >= 15 is 0 Å². The molecule has 10 nitrogen and oxygen atoms in total. The van der Waals surface area contributed by atoms with Crippen LogP contribution in [0, 0.1) is 0 Å². The van der Waals surface area contributed by atoms with Crippen LogP contribution < -0.4 is 16.2 Å². The zero-order valence-corrected chi connectivity index (χ0v) is 18.2. The molecular weight excluding hydrogens is 436 g/mol. The smallest absolute Gasteiger partial charge is 0.452 e. The summed E-state index contributed by atoms with van der Waals surface area (Å²) >= 11 is 0. The third-order valence-corrected chi connectivity index (χ3v) is 5.37. The van der Waals surface area contributed by atoms with Crippen molar-refractivity contribution in [3.63, 3.8) is 0 Å². The number of rotatable bonds is 7. The predicted molar refractivity (Wildman–Crippen MR) is 119 cm³/mol. The highest BCUT2D eigenvalue weighted by molar-refractivity contribution is 7.86. The van der Waals surface area contributed by atoms with E-state index in [1.807, 2.05) is 6.07 Å². The summed E-state index contributed by atoms with van der Waals surface area (Å²) in [5.41, 5.74) is 12.1. The topological polar surface area (TPSA) is 156 Å². The molecule has 1 heterocycles. The minimum absolute atomic E-state index is 0.318. The van der Waals surface area contributed by atoms with Crippen LogP contribution in [0.1, 0.15) is 12.5 Å². The Balaban J connectivity index is 2.11. The van der Waals surface area contributed by atoms with Crippen molar-refractivity contribution in [3.05, 3.63) is 60.2 Å². The van der Waals surface area contributed by atoms with Gasteiger partial charge in [-0.3, -0.25) is 0 Å². The lowest BCUT2D eigenvalue weighted by atomic mass is 10.0. The van der Waals surface area contributed by atoms with Crippen LogP contribution in [0.25, 0.3) is 22.2 Å². The third-order valence-electron chi connectivity index (χ3n) is 4.31. The van der Waals surface area contributed by atoms with Crippen LogP contribution in [0.2, 0.25) is 0 Å². The lowest BCUT2D eigenvalue weighted by molar-refractivity contribution is -0.0374. The first kappa shape index (κ1) is 23.0. The fourth-order valence-corrected chi connectivity index (χ4v) is 3.86. The highest BCUT2D eigenvalue weighted by Crippen LogP contribution is 2.32. The number of nitrogens with zero attached hydrogens (tertiary/aromatic N) is 2. The van der Waals surface area contributed by atoms with E-state index in [-0.39, 0.29) is 0 Å². The maximum absolute atomic E-state index is 12.5. The Morgan fingerprint density at radius 2 is 1.84 bits per heavy atom. The maximum Gasteiger partial charge on any atom is 0.452 e. The van der Waals surface area contributed by atoms with E-state index in [1.54, 1.807) is 55.5 Å². The van der Waals surface area contributed by atoms with Crippen molar-refractivity contribution < 1.29 is 26.9 Å². The summed E-state index contributed by atoms with van der Waals surface area (Å²) in [5.74, 6) is -0.770. The normalized spacial score (nSPS) is 12.2. The lowest BCUT2D eigenvalue weighted by Gasteiger charge is -2.16. The number of fused-ring (bicyclic) bond motifs is 1. The Morgan fingerprint density at radius 3 is 2.50 bits per heavy atom. The molecular formula is C21H22N4O6S. The van der Waals surface area contributed by atoms with Gasteiger partial charge in [-0.25, -0.2) is 9.78 Å². The standard InChI is InChI=1S/C21H22N4O6S/c1-13(29-2)30-17-10-6-9-15-11-16(12-32(27,28)31-21(26)25-20(22)23)18(24-19(15)17)14-7-4-3-5-8-14/h3-11,13H,12H2,1-2H3,(H4,22,23,25,26). The molecule has 1 aromatic heterocycles. The Labute approximate surface area is 184 Å². The van der Waals surface area contributed by atoms with Crippen molar-refractivity contribution in [2.45, 2.75) is 19.0 Å². The van der Waals surface area contributed by atoms with Gasteiger partial charge in [0, 0.05) is 18.1 Å². The zero-order valence-electron chi connectivity index (χ0n) is 17.4. The number of ether oxygens (including phenoxy) is 2. The fourth-order valence-electron chi connectivity index (χ4n) is 2.95. The van der Waals surface area contributed by atoms with Crippen molar-refractivity contribution in [2.75, 3.05) is 7.11 Å².